The number of halogens is 2. The van der Waals surface area contributed by atoms with Crippen LogP contribution in [-0.2, 0) is 10.0 Å². The molecule has 0 aliphatic carbocycles. The molecule has 1 aromatic heterocycles. The smallest absolute Gasteiger partial charge is 0.243 e. The number of rotatable bonds is 5. The number of anilines is 1. The summed E-state index contributed by atoms with van der Waals surface area (Å²) in [6.07, 6.45) is -1.00. The lowest BCUT2D eigenvalue weighted by Crippen LogP contribution is -2.29. The van der Waals surface area contributed by atoms with E-state index in [4.69, 9.17) is 5.73 Å². The molecule has 0 spiro atoms. The minimum absolute atomic E-state index is 0.0405. The molecule has 2 rings (SSSR count). The molecule has 1 aromatic carbocycles. The summed E-state index contributed by atoms with van der Waals surface area (Å²) in [5.41, 5.74) is 6.23. The summed E-state index contributed by atoms with van der Waals surface area (Å²) in [5, 5.41) is 13.3. The lowest BCUT2D eigenvalue weighted by atomic mass is 10.2. The van der Waals surface area contributed by atoms with Gasteiger partial charge in [0, 0.05) is 12.2 Å². The van der Waals surface area contributed by atoms with Crippen molar-refractivity contribution in [3.8, 4) is 0 Å². The van der Waals surface area contributed by atoms with E-state index in [0.717, 1.165) is 6.07 Å². The molecule has 0 saturated heterocycles. The summed E-state index contributed by atoms with van der Waals surface area (Å²) in [6.45, 7) is -0.259. The number of thiophene rings is 1. The Balaban J connectivity index is 2.19. The molecular weight excluding hydrogens is 383 g/mol. The molecule has 5 nitrogen and oxygen atoms in total. The molecule has 1 unspecified atom stereocenters. The predicted octanol–water partition coefficient (Wildman–Crippen LogP) is 2.24. The van der Waals surface area contributed by atoms with Gasteiger partial charge in [0.05, 0.1) is 10.6 Å². The summed E-state index contributed by atoms with van der Waals surface area (Å²) in [4.78, 5) is -0.563. The lowest BCUT2D eigenvalue weighted by Gasteiger charge is -2.12. The standard InChI is InChI=1S/C12H12BrFN2O3S2/c13-9-3-8(15)4-11(12(9)14)21(18,19)16-5-10(17)7-1-2-20-6-7/h1-4,6,10,16-17H,5,15H2. The third-order valence-corrected chi connectivity index (χ3v) is 5.40. The van der Waals surface area contributed by atoms with Crippen LogP contribution < -0.4 is 10.5 Å². The number of hydrogen-bond donors (Lipinski definition) is 3. The first-order chi connectivity index (χ1) is 9.81. The number of aliphatic hydroxyl groups is 1. The Bertz CT molecular complexity index is 735. The molecule has 0 aliphatic rings. The molecule has 0 bridgehead atoms. The highest BCUT2D eigenvalue weighted by atomic mass is 79.9. The van der Waals surface area contributed by atoms with Crippen molar-refractivity contribution in [1.82, 2.24) is 4.72 Å². The van der Waals surface area contributed by atoms with Gasteiger partial charge in [-0.2, -0.15) is 11.3 Å². The maximum atomic E-state index is 13.9. The van der Waals surface area contributed by atoms with Crippen LogP contribution in [0.3, 0.4) is 0 Å². The maximum Gasteiger partial charge on any atom is 0.243 e. The van der Waals surface area contributed by atoms with Crippen LogP contribution in [0, 0.1) is 5.82 Å². The van der Waals surface area contributed by atoms with E-state index in [1.807, 2.05) is 0 Å². The highest BCUT2D eigenvalue weighted by molar-refractivity contribution is 9.10. The van der Waals surface area contributed by atoms with Crippen molar-refractivity contribution in [3.05, 3.63) is 44.8 Å². The minimum Gasteiger partial charge on any atom is -0.399 e. The number of sulfonamides is 1. The highest BCUT2D eigenvalue weighted by Gasteiger charge is 2.23. The Kier molecular flexibility index (Phi) is 4.99. The van der Waals surface area contributed by atoms with Gasteiger partial charge in [0.2, 0.25) is 10.0 Å². The molecule has 114 valence electrons. The fourth-order valence-electron chi connectivity index (χ4n) is 1.63. The molecule has 9 heteroatoms. The zero-order chi connectivity index (χ0) is 15.6. The van der Waals surface area contributed by atoms with Crippen molar-refractivity contribution in [1.29, 1.82) is 0 Å². The first kappa shape index (κ1) is 16.4. The quantitative estimate of drug-likeness (QED) is 0.678. The summed E-state index contributed by atoms with van der Waals surface area (Å²) in [5.74, 6) is -0.929. The van der Waals surface area contributed by atoms with Crippen LogP contribution >= 0.6 is 27.3 Å². The van der Waals surface area contributed by atoms with E-state index < -0.39 is 26.8 Å². The predicted molar refractivity (Wildman–Crippen MR) is 83.0 cm³/mol. The number of nitrogens with two attached hydrogens (primary N) is 1. The van der Waals surface area contributed by atoms with Crippen molar-refractivity contribution < 1.29 is 17.9 Å². The van der Waals surface area contributed by atoms with E-state index in [-0.39, 0.29) is 16.7 Å². The Morgan fingerprint density at radius 1 is 1.48 bits per heavy atom. The number of hydrogen-bond acceptors (Lipinski definition) is 5. The van der Waals surface area contributed by atoms with Gasteiger partial charge >= 0.3 is 0 Å². The van der Waals surface area contributed by atoms with Gasteiger partial charge in [-0.15, -0.1) is 0 Å². The van der Waals surface area contributed by atoms with Crippen LogP contribution in [0.1, 0.15) is 11.7 Å². The summed E-state index contributed by atoms with van der Waals surface area (Å²) >= 11 is 4.29. The number of nitrogens with one attached hydrogen (secondary N) is 1. The Hall–Kier alpha value is -1.00. The van der Waals surface area contributed by atoms with Crippen molar-refractivity contribution in [3.63, 3.8) is 0 Å². The third-order valence-electron chi connectivity index (χ3n) is 2.70. The molecule has 0 saturated carbocycles. The zero-order valence-corrected chi connectivity index (χ0v) is 13.8. The van der Waals surface area contributed by atoms with Crippen molar-refractivity contribution >= 4 is 43.0 Å². The van der Waals surface area contributed by atoms with E-state index in [0.29, 0.717) is 5.56 Å². The Morgan fingerprint density at radius 3 is 2.81 bits per heavy atom. The van der Waals surface area contributed by atoms with Crippen molar-refractivity contribution in [2.24, 2.45) is 0 Å². The maximum absolute atomic E-state index is 13.9. The van der Waals surface area contributed by atoms with Gasteiger partial charge in [0.1, 0.15) is 4.90 Å². The van der Waals surface area contributed by atoms with Crippen molar-refractivity contribution in [2.75, 3.05) is 12.3 Å². The minimum atomic E-state index is -4.11. The SMILES string of the molecule is Nc1cc(Br)c(F)c(S(=O)(=O)NCC(O)c2ccsc2)c1. The molecular formula is C12H12BrFN2O3S2. The fourth-order valence-corrected chi connectivity index (χ4v) is 4.11. The van der Waals surface area contributed by atoms with Crippen LogP contribution in [0.5, 0.6) is 0 Å². The van der Waals surface area contributed by atoms with Crippen LogP contribution in [0.2, 0.25) is 0 Å². The van der Waals surface area contributed by atoms with Crippen LogP contribution in [0.4, 0.5) is 10.1 Å². The second-order valence-electron chi connectivity index (χ2n) is 4.24. The molecule has 2 aromatic rings. The molecule has 4 N–H and O–H groups in total. The normalized spacial score (nSPS) is 13.3. The van der Waals surface area contributed by atoms with Crippen LogP contribution in [-0.4, -0.2) is 20.1 Å². The van der Waals surface area contributed by atoms with E-state index >= 15 is 0 Å². The highest BCUT2D eigenvalue weighted by Crippen LogP contribution is 2.26. The largest absolute Gasteiger partial charge is 0.399 e. The second-order valence-corrected chi connectivity index (χ2v) is 7.61. The van der Waals surface area contributed by atoms with E-state index in [2.05, 4.69) is 20.7 Å². The monoisotopic (exact) mass is 394 g/mol. The lowest BCUT2D eigenvalue weighted by molar-refractivity contribution is 0.182. The summed E-state index contributed by atoms with van der Waals surface area (Å²) in [6, 6.07) is 3.98. The van der Waals surface area contributed by atoms with Gasteiger partial charge in [0.15, 0.2) is 5.82 Å². The van der Waals surface area contributed by atoms with Crippen LogP contribution in [0.25, 0.3) is 0 Å². The van der Waals surface area contributed by atoms with Gasteiger partial charge in [0.25, 0.3) is 0 Å². The van der Waals surface area contributed by atoms with Gasteiger partial charge in [-0.1, -0.05) is 0 Å². The first-order valence-corrected chi connectivity index (χ1v) is 8.97. The van der Waals surface area contributed by atoms with Crippen LogP contribution in [0.15, 0.2) is 38.3 Å². The van der Waals surface area contributed by atoms with E-state index in [9.17, 15) is 17.9 Å². The zero-order valence-electron chi connectivity index (χ0n) is 10.6. The molecule has 0 amide bonds. The summed E-state index contributed by atoms with van der Waals surface area (Å²) in [7, 11) is -4.11. The number of nitrogen functional groups attached to an aromatic ring is 1. The second kappa shape index (κ2) is 6.41. The van der Waals surface area contributed by atoms with Gasteiger partial charge in [-0.05, 0) is 50.5 Å². The fraction of sp³-hybridized carbons (Fsp3) is 0.167. The Labute approximate surface area is 133 Å². The molecule has 0 fully saturated rings. The first-order valence-electron chi connectivity index (χ1n) is 5.75. The summed E-state index contributed by atoms with van der Waals surface area (Å²) < 4.78 is 40.2. The topological polar surface area (TPSA) is 92.4 Å². The van der Waals surface area contributed by atoms with E-state index in [1.165, 1.54) is 17.4 Å². The average Bonchev–Trinajstić information content (AvgIpc) is 2.94. The van der Waals surface area contributed by atoms with Gasteiger partial charge < -0.3 is 10.8 Å². The average molecular weight is 395 g/mol. The van der Waals surface area contributed by atoms with Crippen molar-refractivity contribution in [2.45, 2.75) is 11.0 Å². The molecule has 21 heavy (non-hydrogen) atoms. The molecule has 0 radical (unpaired) electrons. The molecule has 1 atom stereocenters. The number of aliphatic hydroxyl groups excluding tert-OH is 1. The van der Waals surface area contributed by atoms with Gasteiger partial charge in [-0.25, -0.2) is 17.5 Å². The third kappa shape index (κ3) is 3.80. The Morgan fingerprint density at radius 2 is 2.19 bits per heavy atom. The van der Waals surface area contributed by atoms with Gasteiger partial charge in [-0.3, -0.25) is 0 Å². The molecule has 0 aliphatic heterocycles. The molecule has 1 heterocycles. The number of benzene rings is 1. The van der Waals surface area contributed by atoms with E-state index in [1.54, 1.807) is 16.8 Å².